The van der Waals surface area contributed by atoms with E-state index in [0.717, 1.165) is 45.7 Å². The summed E-state index contributed by atoms with van der Waals surface area (Å²) in [7, 11) is 0. The number of carbonyl (C=O) groups excluding carboxylic acids is 1. The molecule has 0 radical (unpaired) electrons. The smallest absolute Gasteiger partial charge is 0.220 e. The molecule has 1 heterocycles. The van der Waals surface area contributed by atoms with Crippen LogP contribution in [0.2, 0.25) is 0 Å². The SMILES string of the molecule is CC(N)CCC(=O)NC(Cc1ccccc1)CN1CCOCC1. The summed E-state index contributed by atoms with van der Waals surface area (Å²) in [6.45, 7) is 6.21. The van der Waals surface area contributed by atoms with Gasteiger partial charge in [0.15, 0.2) is 0 Å². The fraction of sp³-hybridized carbons (Fsp3) is 0.611. The van der Waals surface area contributed by atoms with E-state index < -0.39 is 0 Å². The molecule has 2 unspecified atom stereocenters. The van der Waals surface area contributed by atoms with E-state index in [1.54, 1.807) is 0 Å². The molecule has 1 saturated heterocycles. The second-order valence-corrected chi connectivity index (χ2v) is 6.38. The molecule has 0 aliphatic carbocycles. The van der Waals surface area contributed by atoms with E-state index in [9.17, 15) is 4.79 Å². The van der Waals surface area contributed by atoms with Crippen LogP contribution in [0.3, 0.4) is 0 Å². The topological polar surface area (TPSA) is 67.6 Å². The fourth-order valence-electron chi connectivity index (χ4n) is 2.81. The second-order valence-electron chi connectivity index (χ2n) is 6.38. The fourth-order valence-corrected chi connectivity index (χ4v) is 2.81. The molecule has 0 bridgehead atoms. The number of amides is 1. The van der Waals surface area contributed by atoms with Gasteiger partial charge in [0.2, 0.25) is 5.91 Å². The van der Waals surface area contributed by atoms with Crippen LogP contribution in [-0.2, 0) is 16.0 Å². The molecule has 1 aliphatic heterocycles. The van der Waals surface area contributed by atoms with Gasteiger partial charge in [0, 0.05) is 38.1 Å². The zero-order chi connectivity index (χ0) is 16.5. The molecule has 1 fully saturated rings. The second kappa shape index (κ2) is 9.65. The van der Waals surface area contributed by atoms with Crippen molar-refractivity contribution in [3.63, 3.8) is 0 Å². The molecule has 128 valence electrons. The average Bonchev–Trinajstić information content (AvgIpc) is 2.55. The normalized spacial score (nSPS) is 18.3. The zero-order valence-electron chi connectivity index (χ0n) is 14.0. The van der Waals surface area contributed by atoms with Crippen LogP contribution >= 0.6 is 0 Å². The molecule has 0 saturated carbocycles. The highest BCUT2D eigenvalue weighted by molar-refractivity contribution is 5.76. The van der Waals surface area contributed by atoms with E-state index in [1.807, 2.05) is 25.1 Å². The summed E-state index contributed by atoms with van der Waals surface area (Å²) in [6.07, 6.45) is 2.07. The number of ether oxygens (including phenoxy) is 1. The van der Waals surface area contributed by atoms with Gasteiger partial charge in [-0.25, -0.2) is 0 Å². The van der Waals surface area contributed by atoms with Gasteiger partial charge in [-0.05, 0) is 25.3 Å². The predicted octanol–water partition coefficient (Wildman–Crippen LogP) is 1.17. The van der Waals surface area contributed by atoms with Gasteiger partial charge in [-0.3, -0.25) is 9.69 Å². The van der Waals surface area contributed by atoms with Gasteiger partial charge in [0.1, 0.15) is 0 Å². The van der Waals surface area contributed by atoms with Gasteiger partial charge in [0.05, 0.1) is 13.2 Å². The molecule has 1 amide bonds. The largest absolute Gasteiger partial charge is 0.379 e. The number of nitrogens with one attached hydrogen (secondary N) is 1. The maximum absolute atomic E-state index is 12.2. The Labute approximate surface area is 139 Å². The van der Waals surface area contributed by atoms with Crippen molar-refractivity contribution in [2.45, 2.75) is 38.3 Å². The third kappa shape index (κ3) is 7.12. The summed E-state index contributed by atoms with van der Waals surface area (Å²) in [4.78, 5) is 14.5. The van der Waals surface area contributed by atoms with Crippen molar-refractivity contribution in [2.24, 2.45) is 5.73 Å². The monoisotopic (exact) mass is 319 g/mol. The highest BCUT2D eigenvalue weighted by Crippen LogP contribution is 2.07. The quantitative estimate of drug-likeness (QED) is 0.755. The lowest BCUT2D eigenvalue weighted by atomic mass is 10.0. The Hall–Kier alpha value is -1.43. The number of hydrogen-bond acceptors (Lipinski definition) is 4. The van der Waals surface area contributed by atoms with Gasteiger partial charge in [-0.15, -0.1) is 0 Å². The Morgan fingerprint density at radius 1 is 1.30 bits per heavy atom. The number of nitrogens with two attached hydrogens (primary N) is 1. The Balaban J connectivity index is 1.91. The first-order valence-corrected chi connectivity index (χ1v) is 8.52. The maximum Gasteiger partial charge on any atom is 0.220 e. The minimum atomic E-state index is 0.0626. The number of carbonyl (C=O) groups is 1. The molecule has 5 nitrogen and oxygen atoms in total. The lowest BCUT2D eigenvalue weighted by molar-refractivity contribution is -0.122. The first-order valence-electron chi connectivity index (χ1n) is 8.52. The van der Waals surface area contributed by atoms with Crippen molar-refractivity contribution in [3.05, 3.63) is 35.9 Å². The minimum absolute atomic E-state index is 0.0626. The average molecular weight is 319 g/mol. The van der Waals surface area contributed by atoms with Crippen LogP contribution in [0.1, 0.15) is 25.3 Å². The molecule has 0 spiro atoms. The summed E-state index contributed by atoms with van der Waals surface area (Å²) in [5.74, 6) is 0.0940. The molecular weight excluding hydrogens is 290 g/mol. The third-order valence-electron chi connectivity index (χ3n) is 4.10. The molecule has 5 heteroatoms. The van der Waals surface area contributed by atoms with Crippen LogP contribution in [0.4, 0.5) is 0 Å². The molecule has 3 N–H and O–H groups in total. The van der Waals surface area contributed by atoms with Gasteiger partial charge in [-0.2, -0.15) is 0 Å². The van der Waals surface area contributed by atoms with Crippen LogP contribution < -0.4 is 11.1 Å². The van der Waals surface area contributed by atoms with E-state index in [2.05, 4.69) is 22.3 Å². The van der Waals surface area contributed by atoms with E-state index in [-0.39, 0.29) is 18.0 Å². The van der Waals surface area contributed by atoms with E-state index in [1.165, 1.54) is 5.56 Å². The number of morpholine rings is 1. The molecule has 2 rings (SSSR count). The van der Waals surface area contributed by atoms with Crippen LogP contribution in [0.15, 0.2) is 30.3 Å². The van der Waals surface area contributed by atoms with Crippen molar-refractivity contribution >= 4 is 5.91 Å². The van der Waals surface area contributed by atoms with Crippen molar-refractivity contribution in [1.82, 2.24) is 10.2 Å². The van der Waals surface area contributed by atoms with Gasteiger partial charge in [-0.1, -0.05) is 30.3 Å². The summed E-state index contributed by atoms with van der Waals surface area (Å²) < 4.78 is 5.40. The number of rotatable bonds is 8. The van der Waals surface area contributed by atoms with Crippen molar-refractivity contribution in [3.8, 4) is 0 Å². The number of nitrogens with zero attached hydrogens (tertiary/aromatic N) is 1. The zero-order valence-corrected chi connectivity index (χ0v) is 14.0. The van der Waals surface area contributed by atoms with Gasteiger partial charge in [0.25, 0.3) is 0 Å². The van der Waals surface area contributed by atoms with E-state index >= 15 is 0 Å². The Morgan fingerprint density at radius 2 is 2.00 bits per heavy atom. The number of hydrogen-bond donors (Lipinski definition) is 2. The van der Waals surface area contributed by atoms with Crippen LogP contribution in [0.5, 0.6) is 0 Å². The Kier molecular flexibility index (Phi) is 7.52. The molecule has 1 aliphatic rings. The molecule has 1 aromatic carbocycles. The van der Waals surface area contributed by atoms with Crippen molar-refractivity contribution in [1.29, 1.82) is 0 Å². The summed E-state index contributed by atoms with van der Waals surface area (Å²) >= 11 is 0. The minimum Gasteiger partial charge on any atom is -0.379 e. The van der Waals surface area contributed by atoms with E-state index in [4.69, 9.17) is 10.5 Å². The first-order chi connectivity index (χ1) is 11.1. The lowest BCUT2D eigenvalue weighted by Crippen LogP contribution is -2.48. The van der Waals surface area contributed by atoms with E-state index in [0.29, 0.717) is 6.42 Å². The van der Waals surface area contributed by atoms with Crippen LogP contribution in [0, 0.1) is 0 Å². The van der Waals surface area contributed by atoms with Crippen molar-refractivity contribution < 1.29 is 9.53 Å². The Bertz CT molecular complexity index is 459. The van der Waals surface area contributed by atoms with Crippen LogP contribution in [-0.4, -0.2) is 55.7 Å². The third-order valence-corrected chi connectivity index (χ3v) is 4.10. The molecule has 2 atom stereocenters. The molecule has 0 aromatic heterocycles. The molecule has 1 aromatic rings. The lowest BCUT2D eigenvalue weighted by Gasteiger charge is -2.31. The maximum atomic E-state index is 12.2. The summed E-state index contributed by atoms with van der Waals surface area (Å²) in [6, 6.07) is 10.5. The standard InChI is InChI=1S/C18H29N3O2/c1-15(19)7-8-18(22)20-17(13-16-5-3-2-4-6-16)14-21-9-11-23-12-10-21/h2-6,15,17H,7-14,19H2,1H3,(H,20,22). The highest BCUT2D eigenvalue weighted by atomic mass is 16.5. The van der Waals surface area contributed by atoms with Gasteiger partial charge < -0.3 is 15.8 Å². The first kappa shape index (κ1) is 17.9. The molecule has 23 heavy (non-hydrogen) atoms. The summed E-state index contributed by atoms with van der Waals surface area (Å²) in [5, 5.41) is 3.19. The van der Waals surface area contributed by atoms with Crippen molar-refractivity contribution in [2.75, 3.05) is 32.8 Å². The predicted molar refractivity (Wildman–Crippen MR) is 92.2 cm³/mol. The molecular formula is C18H29N3O2. The highest BCUT2D eigenvalue weighted by Gasteiger charge is 2.19. The van der Waals surface area contributed by atoms with Gasteiger partial charge >= 0.3 is 0 Å². The number of benzene rings is 1. The summed E-state index contributed by atoms with van der Waals surface area (Å²) in [5.41, 5.74) is 6.99. The Morgan fingerprint density at radius 3 is 2.65 bits per heavy atom. The van der Waals surface area contributed by atoms with Crippen LogP contribution in [0.25, 0.3) is 0 Å².